The van der Waals surface area contributed by atoms with Crippen molar-refractivity contribution in [2.24, 2.45) is 0 Å². The van der Waals surface area contributed by atoms with E-state index >= 15 is 0 Å². The number of nitrogens with zero attached hydrogens (tertiary/aromatic N) is 2. The quantitative estimate of drug-likeness (QED) is 0.900. The van der Waals surface area contributed by atoms with Crippen LogP contribution in [-0.2, 0) is 20.2 Å². The molecule has 0 bridgehead atoms. The van der Waals surface area contributed by atoms with Crippen molar-refractivity contribution in [1.82, 2.24) is 9.78 Å². The fourth-order valence-corrected chi connectivity index (χ4v) is 2.84. The van der Waals surface area contributed by atoms with Crippen LogP contribution in [0.3, 0.4) is 0 Å². The molecular formula is C17H23N3O3S. The number of rotatable bonds is 5. The number of carbonyl (C=O) groups excluding carboxylic acids is 1. The fraction of sp³-hybridized carbons (Fsp3) is 0.412. The van der Waals surface area contributed by atoms with Gasteiger partial charge in [0.2, 0.25) is 5.91 Å². The molecule has 7 heteroatoms. The first-order valence-corrected chi connectivity index (χ1v) is 9.75. The first-order chi connectivity index (χ1) is 11.1. The van der Waals surface area contributed by atoms with Gasteiger partial charge in [-0.2, -0.15) is 5.10 Å². The Bertz CT molecular complexity index is 819. The van der Waals surface area contributed by atoms with Crippen LogP contribution in [0.2, 0.25) is 0 Å². The van der Waals surface area contributed by atoms with Crippen LogP contribution in [0.25, 0.3) is 11.1 Å². The molecule has 24 heavy (non-hydrogen) atoms. The van der Waals surface area contributed by atoms with Gasteiger partial charge in [-0.3, -0.25) is 4.79 Å². The molecule has 1 N–H and O–H groups in total. The van der Waals surface area contributed by atoms with E-state index in [1.165, 1.54) is 0 Å². The predicted molar refractivity (Wildman–Crippen MR) is 95.6 cm³/mol. The normalized spacial score (nSPS) is 12.2. The molecule has 0 saturated heterocycles. The van der Waals surface area contributed by atoms with Crippen LogP contribution in [0.4, 0.5) is 5.82 Å². The predicted octanol–water partition coefficient (Wildman–Crippen LogP) is 2.68. The van der Waals surface area contributed by atoms with E-state index < -0.39 is 9.84 Å². The van der Waals surface area contributed by atoms with Crippen LogP contribution in [0.15, 0.2) is 36.5 Å². The first-order valence-electron chi connectivity index (χ1n) is 7.69. The molecular weight excluding hydrogens is 326 g/mol. The number of carbonyl (C=O) groups is 1. The Morgan fingerprint density at radius 1 is 1.21 bits per heavy atom. The third kappa shape index (κ3) is 4.67. The molecule has 0 unspecified atom stereocenters. The van der Waals surface area contributed by atoms with Crippen molar-refractivity contribution in [1.29, 1.82) is 0 Å². The molecule has 0 fully saturated rings. The van der Waals surface area contributed by atoms with Gasteiger partial charge in [0.15, 0.2) is 0 Å². The van der Waals surface area contributed by atoms with E-state index in [9.17, 15) is 13.2 Å². The minimum atomic E-state index is -3.18. The van der Waals surface area contributed by atoms with Crippen molar-refractivity contribution in [2.45, 2.75) is 32.7 Å². The highest BCUT2D eigenvalue weighted by Crippen LogP contribution is 2.31. The second-order valence-electron chi connectivity index (χ2n) is 6.78. The number of benzene rings is 1. The Hall–Kier alpha value is -2.15. The van der Waals surface area contributed by atoms with E-state index in [4.69, 9.17) is 0 Å². The second kappa shape index (κ2) is 6.76. The molecule has 2 aromatic rings. The summed E-state index contributed by atoms with van der Waals surface area (Å²) in [5.74, 6) is 0.0548. The summed E-state index contributed by atoms with van der Waals surface area (Å²) in [6.07, 6.45) is 2.75. The minimum Gasteiger partial charge on any atom is -0.310 e. The third-order valence-corrected chi connectivity index (χ3v) is 4.39. The summed E-state index contributed by atoms with van der Waals surface area (Å²) in [4.78, 5) is 12.2. The van der Waals surface area contributed by atoms with E-state index in [1.807, 2.05) is 51.1 Å². The van der Waals surface area contributed by atoms with Crippen molar-refractivity contribution in [3.8, 4) is 11.1 Å². The lowest BCUT2D eigenvalue weighted by Crippen LogP contribution is -2.27. The first kappa shape index (κ1) is 18.2. The molecule has 2 rings (SSSR count). The van der Waals surface area contributed by atoms with E-state index in [0.717, 1.165) is 17.4 Å². The molecule has 0 spiro atoms. The monoisotopic (exact) mass is 349 g/mol. The zero-order chi connectivity index (χ0) is 18.0. The van der Waals surface area contributed by atoms with Crippen LogP contribution in [0.5, 0.6) is 0 Å². The molecule has 1 heterocycles. The van der Waals surface area contributed by atoms with Gasteiger partial charge in [0.1, 0.15) is 15.7 Å². The maximum atomic E-state index is 12.2. The van der Waals surface area contributed by atoms with Gasteiger partial charge in [-0.25, -0.2) is 13.1 Å². The van der Waals surface area contributed by atoms with Crippen molar-refractivity contribution in [3.63, 3.8) is 0 Å². The summed E-state index contributed by atoms with van der Waals surface area (Å²) < 4.78 is 24.3. The summed E-state index contributed by atoms with van der Waals surface area (Å²) in [5.41, 5.74) is 1.41. The summed E-state index contributed by atoms with van der Waals surface area (Å²) in [6, 6.07) is 9.63. The maximum absolute atomic E-state index is 12.2. The number of sulfone groups is 1. The Morgan fingerprint density at radius 3 is 2.38 bits per heavy atom. The van der Waals surface area contributed by atoms with Crippen molar-refractivity contribution in [3.05, 3.63) is 36.5 Å². The second-order valence-corrected chi connectivity index (χ2v) is 9.04. The van der Waals surface area contributed by atoms with E-state index in [-0.39, 0.29) is 23.6 Å². The lowest BCUT2D eigenvalue weighted by Gasteiger charge is -2.23. The minimum absolute atomic E-state index is 0.0810. The number of hydrogen-bond acceptors (Lipinski definition) is 4. The van der Waals surface area contributed by atoms with Crippen LogP contribution in [0, 0.1) is 0 Å². The smallest absolute Gasteiger partial charge is 0.226 e. The Labute approximate surface area is 142 Å². The molecule has 6 nitrogen and oxygen atoms in total. The van der Waals surface area contributed by atoms with Crippen molar-refractivity contribution in [2.75, 3.05) is 17.3 Å². The van der Waals surface area contributed by atoms with E-state index in [0.29, 0.717) is 5.82 Å². The maximum Gasteiger partial charge on any atom is 0.226 e. The Kier molecular flexibility index (Phi) is 5.13. The number of hydrogen-bond donors (Lipinski definition) is 1. The van der Waals surface area contributed by atoms with Gasteiger partial charge in [0, 0.05) is 18.2 Å². The van der Waals surface area contributed by atoms with Crippen molar-refractivity contribution >= 4 is 21.6 Å². The van der Waals surface area contributed by atoms with Crippen LogP contribution >= 0.6 is 0 Å². The number of nitrogens with one attached hydrogen (secondary N) is 1. The molecule has 0 atom stereocenters. The lowest BCUT2D eigenvalue weighted by atomic mass is 10.1. The van der Waals surface area contributed by atoms with Crippen LogP contribution in [0.1, 0.15) is 27.2 Å². The van der Waals surface area contributed by atoms with E-state index in [2.05, 4.69) is 10.4 Å². The summed E-state index contributed by atoms with van der Waals surface area (Å²) >= 11 is 0. The molecule has 1 aromatic carbocycles. The highest BCUT2D eigenvalue weighted by Gasteiger charge is 2.23. The third-order valence-electron chi connectivity index (χ3n) is 3.45. The van der Waals surface area contributed by atoms with Gasteiger partial charge >= 0.3 is 0 Å². The van der Waals surface area contributed by atoms with E-state index in [1.54, 1.807) is 10.9 Å². The number of aromatic nitrogens is 2. The molecule has 1 aromatic heterocycles. The molecule has 0 aliphatic carbocycles. The van der Waals surface area contributed by atoms with Gasteiger partial charge in [-0.1, -0.05) is 30.3 Å². The van der Waals surface area contributed by atoms with Gasteiger partial charge in [-0.05, 0) is 26.3 Å². The van der Waals surface area contributed by atoms with Crippen LogP contribution < -0.4 is 5.32 Å². The molecule has 0 aliphatic heterocycles. The number of anilines is 1. The zero-order valence-electron chi connectivity index (χ0n) is 14.4. The largest absolute Gasteiger partial charge is 0.310 e. The Morgan fingerprint density at radius 2 is 1.83 bits per heavy atom. The highest BCUT2D eigenvalue weighted by molar-refractivity contribution is 7.90. The van der Waals surface area contributed by atoms with Crippen molar-refractivity contribution < 1.29 is 13.2 Å². The lowest BCUT2D eigenvalue weighted by molar-refractivity contribution is -0.115. The highest BCUT2D eigenvalue weighted by atomic mass is 32.2. The number of amides is 1. The average Bonchev–Trinajstić information content (AvgIpc) is 2.89. The topological polar surface area (TPSA) is 81.1 Å². The standard InChI is InChI=1S/C17H23N3O3S/c1-17(2,3)20-16(19-15(21)10-11-24(4,22)23)14(12-18-20)13-8-6-5-7-9-13/h5-9,12H,10-11H2,1-4H3,(H,19,21). The van der Waals surface area contributed by atoms with Gasteiger partial charge in [0.05, 0.1) is 17.5 Å². The summed E-state index contributed by atoms with van der Waals surface area (Å²) in [6.45, 7) is 5.96. The van der Waals surface area contributed by atoms with Crippen LogP contribution in [-0.4, -0.2) is 36.1 Å². The van der Waals surface area contributed by atoms with Gasteiger partial charge < -0.3 is 5.32 Å². The summed E-state index contributed by atoms with van der Waals surface area (Å²) in [7, 11) is -3.18. The SMILES string of the molecule is CC(C)(C)n1ncc(-c2ccccc2)c1NC(=O)CCS(C)(=O)=O. The molecule has 0 aliphatic rings. The van der Waals surface area contributed by atoms with Gasteiger partial charge in [-0.15, -0.1) is 0 Å². The molecule has 0 radical (unpaired) electrons. The average molecular weight is 349 g/mol. The zero-order valence-corrected chi connectivity index (χ0v) is 15.2. The molecule has 0 saturated carbocycles. The van der Waals surface area contributed by atoms with Gasteiger partial charge in [0.25, 0.3) is 0 Å². The molecule has 130 valence electrons. The summed E-state index contributed by atoms with van der Waals surface area (Å²) in [5, 5.41) is 7.24. The molecule has 1 amide bonds. The fourth-order valence-electron chi connectivity index (χ4n) is 2.28. The Balaban J connectivity index is 2.35.